The first-order valence-corrected chi connectivity index (χ1v) is 10.7. The molecule has 1 aromatic carbocycles. The van der Waals surface area contributed by atoms with Crippen LogP contribution >= 0.6 is 11.9 Å². The smallest absolute Gasteiger partial charge is 0.239 e. The van der Waals surface area contributed by atoms with Crippen molar-refractivity contribution in [1.29, 1.82) is 0 Å². The number of carbonyl (C=O) groups is 1. The van der Waals surface area contributed by atoms with E-state index >= 15 is 0 Å². The van der Waals surface area contributed by atoms with Crippen LogP contribution in [0.1, 0.15) is 64.0 Å². The van der Waals surface area contributed by atoms with Crippen LogP contribution in [0.15, 0.2) is 35.7 Å². The third-order valence-electron chi connectivity index (χ3n) is 5.69. The minimum absolute atomic E-state index is 0.0432. The van der Waals surface area contributed by atoms with Crippen molar-refractivity contribution in [3.05, 3.63) is 46.8 Å². The number of nitrogens with one attached hydrogen (secondary N) is 1. The molecule has 0 spiro atoms. The summed E-state index contributed by atoms with van der Waals surface area (Å²) in [6, 6.07) is 5.26. The monoisotopic (exact) mass is 389 g/mol. The van der Waals surface area contributed by atoms with Gasteiger partial charge in [-0.2, -0.15) is 0 Å². The van der Waals surface area contributed by atoms with Gasteiger partial charge < -0.3 is 5.11 Å². The van der Waals surface area contributed by atoms with E-state index < -0.39 is 5.41 Å². The van der Waals surface area contributed by atoms with Gasteiger partial charge in [0.15, 0.2) is 0 Å². The number of phenolic OH excluding ortho intramolecular Hbond substituents is 1. The number of hydrogen-bond acceptors (Lipinski definition) is 3. The van der Waals surface area contributed by atoms with Gasteiger partial charge in [0.05, 0.1) is 5.41 Å². The van der Waals surface area contributed by atoms with Gasteiger partial charge in [0, 0.05) is 17.7 Å². The number of benzene rings is 1. The topological polar surface area (TPSA) is 49.3 Å². The van der Waals surface area contributed by atoms with E-state index in [-0.39, 0.29) is 23.4 Å². The normalized spacial score (nSPS) is 18.1. The maximum atomic E-state index is 14.7. The van der Waals surface area contributed by atoms with Crippen molar-refractivity contribution in [2.24, 2.45) is 5.92 Å². The summed E-state index contributed by atoms with van der Waals surface area (Å²) in [4.78, 5) is 12.6. The maximum absolute atomic E-state index is 14.7. The van der Waals surface area contributed by atoms with Gasteiger partial charge in [-0.1, -0.05) is 37.4 Å². The molecule has 0 aromatic heterocycles. The molecule has 1 saturated carbocycles. The molecular formula is C22H28FNO2S. The molecule has 27 heavy (non-hydrogen) atoms. The Hall–Kier alpha value is -1.75. The van der Waals surface area contributed by atoms with Crippen molar-refractivity contribution in [3.8, 4) is 5.75 Å². The summed E-state index contributed by atoms with van der Waals surface area (Å²) in [5.74, 6) is 1.06. The average Bonchev–Trinajstić information content (AvgIpc) is 2.60. The van der Waals surface area contributed by atoms with E-state index in [0.29, 0.717) is 18.4 Å². The summed E-state index contributed by atoms with van der Waals surface area (Å²) < 4.78 is 17.5. The van der Waals surface area contributed by atoms with E-state index in [1.807, 2.05) is 32.9 Å². The number of aromatic hydroxyl groups is 1. The van der Waals surface area contributed by atoms with Gasteiger partial charge in [-0.15, -0.1) is 0 Å². The molecule has 2 aliphatic carbocycles. The first-order chi connectivity index (χ1) is 12.9. The highest BCUT2D eigenvalue weighted by Crippen LogP contribution is 2.47. The van der Waals surface area contributed by atoms with Gasteiger partial charge in [0.1, 0.15) is 11.6 Å². The fourth-order valence-electron chi connectivity index (χ4n) is 3.66. The molecule has 3 nitrogen and oxygen atoms in total. The number of allylic oxidation sites excluding steroid dienone is 4. The summed E-state index contributed by atoms with van der Waals surface area (Å²) in [6.45, 7) is 5.72. The zero-order chi connectivity index (χ0) is 19.6. The van der Waals surface area contributed by atoms with Crippen molar-refractivity contribution < 1.29 is 14.3 Å². The molecule has 0 bridgehead atoms. The summed E-state index contributed by atoms with van der Waals surface area (Å²) in [5, 5.41) is 10.5. The third-order valence-corrected chi connectivity index (χ3v) is 6.31. The standard InChI is InChI=1S/C22H28FNO2S/c1-4-27-24-21(26)22(2,3)15-11-12-19(25)17(13-15)16-9-6-10-18(23)20(16)14-7-5-8-14/h9,11-14,25H,4-8,10H2,1-3H3,(H,24,26). The van der Waals surface area contributed by atoms with Gasteiger partial charge in [-0.3, -0.25) is 9.52 Å². The van der Waals surface area contributed by atoms with Crippen LogP contribution in [0.2, 0.25) is 0 Å². The number of hydrogen-bond donors (Lipinski definition) is 2. The molecule has 146 valence electrons. The maximum Gasteiger partial charge on any atom is 0.239 e. The minimum atomic E-state index is -0.751. The number of rotatable bonds is 6. The van der Waals surface area contributed by atoms with E-state index in [1.54, 1.807) is 12.1 Å². The van der Waals surface area contributed by atoms with Crippen LogP contribution in [0.3, 0.4) is 0 Å². The van der Waals surface area contributed by atoms with E-state index in [0.717, 1.165) is 41.7 Å². The van der Waals surface area contributed by atoms with E-state index in [4.69, 9.17) is 0 Å². The van der Waals surface area contributed by atoms with Gasteiger partial charge in [0.25, 0.3) is 0 Å². The molecule has 2 N–H and O–H groups in total. The molecule has 0 aliphatic heterocycles. The highest BCUT2D eigenvalue weighted by molar-refractivity contribution is 7.97. The third kappa shape index (κ3) is 3.93. The zero-order valence-electron chi connectivity index (χ0n) is 16.3. The van der Waals surface area contributed by atoms with Crippen molar-refractivity contribution in [1.82, 2.24) is 4.72 Å². The molecule has 0 radical (unpaired) electrons. The molecule has 3 rings (SSSR count). The Bertz CT molecular complexity index is 794. The quantitative estimate of drug-likeness (QED) is 0.618. The van der Waals surface area contributed by atoms with Crippen molar-refractivity contribution >= 4 is 23.4 Å². The number of amides is 1. The zero-order valence-corrected chi connectivity index (χ0v) is 17.1. The van der Waals surface area contributed by atoms with Crippen molar-refractivity contribution in [2.75, 3.05) is 5.75 Å². The molecular weight excluding hydrogens is 361 g/mol. The average molecular weight is 390 g/mol. The fraction of sp³-hybridized carbons (Fsp3) is 0.500. The van der Waals surface area contributed by atoms with Gasteiger partial charge in [-0.25, -0.2) is 4.39 Å². The van der Waals surface area contributed by atoms with Crippen LogP contribution in [0, 0.1) is 5.92 Å². The van der Waals surface area contributed by atoms with E-state index in [9.17, 15) is 14.3 Å². The van der Waals surface area contributed by atoms with Crippen LogP contribution in [0.5, 0.6) is 5.75 Å². The Morgan fingerprint density at radius 2 is 2.11 bits per heavy atom. The van der Waals surface area contributed by atoms with E-state index in [2.05, 4.69) is 4.72 Å². The number of carbonyl (C=O) groups excluding carboxylic acids is 1. The minimum Gasteiger partial charge on any atom is -0.507 e. The second kappa shape index (κ2) is 8.09. The predicted octanol–water partition coefficient (Wildman–Crippen LogP) is 5.66. The van der Waals surface area contributed by atoms with Crippen molar-refractivity contribution in [2.45, 2.75) is 58.3 Å². The lowest BCUT2D eigenvalue weighted by molar-refractivity contribution is -0.123. The van der Waals surface area contributed by atoms with Crippen molar-refractivity contribution in [3.63, 3.8) is 0 Å². The molecule has 2 aliphatic rings. The van der Waals surface area contributed by atoms with Gasteiger partial charge in [-0.05, 0) is 67.9 Å². The number of halogens is 1. The van der Waals surface area contributed by atoms with Crippen LogP contribution < -0.4 is 4.72 Å². The SMILES string of the molecule is CCSNC(=O)C(C)(C)c1ccc(O)c(C2=CCCC(F)=C2C2CCC2)c1. The van der Waals surface area contributed by atoms with Crippen LogP contribution in [-0.2, 0) is 10.2 Å². The Morgan fingerprint density at radius 1 is 1.37 bits per heavy atom. The highest BCUT2D eigenvalue weighted by Gasteiger charge is 2.33. The second-order valence-corrected chi connectivity index (χ2v) is 8.89. The van der Waals surface area contributed by atoms with Crippen LogP contribution in [0.25, 0.3) is 5.57 Å². The van der Waals surface area contributed by atoms with E-state index in [1.165, 1.54) is 11.9 Å². The van der Waals surface area contributed by atoms with Crippen LogP contribution in [0.4, 0.5) is 4.39 Å². The Morgan fingerprint density at radius 3 is 2.74 bits per heavy atom. The molecule has 1 fully saturated rings. The summed E-state index contributed by atoms with van der Waals surface area (Å²) in [6.07, 6.45) is 6.25. The first kappa shape index (κ1) is 20.0. The Balaban J connectivity index is 1.98. The lowest BCUT2D eigenvalue weighted by atomic mass is 9.72. The summed E-state index contributed by atoms with van der Waals surface area (Å²) in [5.41, 5.74) is 2.27. The predicted molar refractivity (Wildman–Crippen MR) is 110 cm³/mol. The summed E-state index contributed by atoms with van der Waals surface area (Å²) in [7, 11) is 0. The van der Waals surface area contributed by atoms with Gasteiger partial charge in [0.2, 0.25) is 5.91 Å². The lowest BCUT2D eigenvalue weighted by Gasteiger charge is -2.33. The van der Waals surface area contributed by atoms with Gasteiger partial charge >= 0.3 is 0 Å². The highest BCUT2D eigenvalue weighted by atomic mass is 32.2. The Labute approximate surface area is 165 Å². The molecule has 1 aromatic rings. The summed E-state index contributed by atoms with van der Waals surface area (Å²) >= 11 is 1.37. The first-order valence-electron chi connectivity index (χ1n) is 9.71. The molecule has 5 heteroatoms. The van der Waals surface area contributed by atoms with Crippen LogP contribution in [-0.4, -0.2) is 16.8 Å². The molecule has 1 amide bonds. The molecule has 0 heterocycles. The fourth-order valence-corrected chi connectivity index (χ4v) is 4.19. The number of phenols is 1. The molecule has 0 unspecified atom stereocenters. The second-order valence-electron chi connectivity index (χ2n) is 7.82. The molecule has 0 saturated heterocycles. The molecule has 0 atom stereocenters. The largest absolute Gasteiger partial charge is 0.507 e. The Kier molecular flexibility index (Phi) is 5.99. The lowest BCUT2D eigenvalue weighted by Crippen LogP contribution is -2.37.